The lowest BCUT2D eigenvalue weighted by Crippen LogP contribution is -2.11. The summed E-state index contributed by atoms with van der Waals surface area (Å²) in [6.07, 6.45) is 0. The highest BCUT2D eigenvalue weighted by Crippen LogP contribution is 2.53. The molecule has 0 saturated carbocycles. The van der Waals surface area contributed by atoms with Crippen LogP contribution in [0.2, 0.25) is 0 Å². The van der Waals surface area contributed by atoms with Crippen molar-refractivity contribution in [1.82, 2.24) is 0 Å². The number of para-hydroxylation sites is 4. The monoisotopic (exact) mass is 736 g/mol. The molecule has 10 aromatic rings. The molecule has 0 spiro atoms. The topological polar surface area (TPSA) is 6.48 Å². The summed E-state index contributed by atoms with van der Waals surface area (Å²) in [6, 6.07) is 80.2. The van der Waals surface area contributed by atoms with Crippen LogP contribution >= 0.6 is 0 Å². The Kier molecular flexibility index (Phi) is 7.26. The average Bonchev–Trinajstić information content (AvgIpc) is 3.49. The van der Waals surface area contributed by atoms with E-state index in [-0.39, 0.29) is 0 Å². The lowest BCUT2D eigenvalue weighted by atomic mass is 9.91. The summed E-state index contributed by atoms with van der Waals surface area (Å²) in [6.45, 7) is 0. The van der Waals surface area contributed by atoms with Gasteiger partial charge in [-0.05, 0) is 128 Å². The lowest BCUT2D eigenvalue weighted by molar-refractivity contribution is 1.29. The number of hydrogen-bond donors (Lipinski definition) is 0. The van der Waals surface area contributed by atoms with E-state index >= 15 is 0 Å². The van der Waals surface area contributed by atoms with Gasteiger partial charge in [0.1, 0.15) is 0 Å². The van der Waals surface area contributed by atoms with E-state index in [0.29, 0.717) is 0 Å². The van der Waals surface area contributed by atoms with Gasteiger partial charge < -0.3 is 9.80 Å². The van der Waals surface area contributed by atoms with Crippen molar-refractivity contribution in [2.24, 2.45) is 0 Å². The molecule has 0 bridgehead atoms. The van der Waals surface area contributed by atoms with Gasteiger partial charge in [0.05, 0.1) is 22.7 Å². The highest BCUT2D eigenvalue weighted by molar-refractivity contribution is 6.08. The number of fused-ring (bicyclic) bond motifs is 12. The van der Waals surface area contributed by atoms with Crippen molar-refractivity contribution in [2.45, 2.75) is 0 Å². The van der Waals surface area contributed by atoms with Crippen LogP contribution in [0, 0.1) is 0 Å². The smallest absolute Gasteiger partial charge is 0.0540 e. The molecule has 0 unspecified atom stereocenters. The van der Waals surface area contributed by atoms with E-state index in [4.69, 9.17) is 0 Å². The second kappa shape index (κ2) is 12.9. The summed E-state index contributed by atoms with van der Waals surface area (Å²) in [5.74, 6) is 0. The molecule has 2 heterocycles. The van der Waals surface area contributed by atoms with Crippen LogP contribution in [0.4, 0.5) is 34.1 Å². The number of rotatable bonds is 3. The van der Waals surface area contributed by atoms with E-state index < -0.39 is 0 Å². The Morgan fingerprint density at radius 1 is 0.207 bits per heavy atom. The first kappa shape index (κ1) is 32.6. The largest absolute Gasteiger partial charge is 0.309 e. The fraction of sp³-hybridized carbons (Fsp3) is 0. The summed E-state index contributed by atoms with van der Waals surface area (Å²) in [5, 5.41) is 5.00. The molecular weight excluding hydrogens is 701 g/mol. The normalized spacial score (nSPS) is 12.4. The third kappa shape index (κ3) is 5.05. The number of anilines is 6. The van der Waals surface area contributed by atoms with Crippen molar-refractivity contribution in [1.29, 1.82) is 0 Å². The van der Waals surface area contributed by atoms with E-state index in [1.807, 2.05) is 0 Å². The first-order valence-corrected chi connectivity index (χ1v) is 20.0. The average molecular weight is 737 g/mol. The molecule has 0 fully saturated rings. The van der Waals surface area contributed by atoms with Crippen molar-refractivity contribution < 1.29 is 0 Å². The lowest BCUT2D eigenvalue weighted by Gasteiger charge is -2.28. The van der Waals surface area contributed by atoms with Gasteiger partial charge in [0.25, 0.3) is 0 Å². The van der Waals surface area contributed by atoms with Crippen molar-refractivity contribution >= 4 is 55.7 Å². The minimum absolute atomic E-state index is 1.13. The molecule has 2 heteroatoms. The quantitative estimate of drug-likeness (QED) is 0.178. The first-order chi connectivity index (χ1) is 28.8. The third-order valence-electron chi connectivity index (χ3n) is 12.1. The SMILES string of the molecule is c1ccc2c(c1)-c1cc3ccccc3cc1-c1ccccc1N2c1ccc(-c2ccc(N3c4ccccc4-c4cc5ccccc5cc4-c4ccccc43)cc2)cc1. The zero-order chi connectivity index (χ0) is 38.2. The molecule has 0 amide bonds. The molecule has 0 N–H and O–H groups in total. The molecule has 2 aliphatic rings. The number of nitrogens with zero attached hydrogens (tertiary/aromatic N) is 2. The van der Waals surface area contributed by atoms with Crippen LogP contribution in [0.25, 0.3) is 77.2 Å². The molecule has 2 nitrogen and oxygen atoms in total. The maximum absolute atomic E-state index is 2.43. The van der Waals surface area contributed by atoms with Crippen LogP contribution in [0.3, 0.4) is 0 Å². The van der Waals surface area contributed by atoms with Crippen molar-refractivity contribution in [3.05, 3.63) is 218 Å². The predicted molar refractivity (Wildman–Crippen MR) is 245 cm³/mol. The highest BCUT2D eigenvalue weighted by Gasteiger charge is 2.28. The van der Waals surface area contributed by atoms with Gasteiger partial charge in [-0.25, -0.2) is 0 Å². The zero-order valence-corrected chi connectivity index (χ0v) is 31.7. The van der Waals surface area contributed by atoms with Crippen molar-refractivity contribution in [3.63, 3.8) is 0 Å². The summed E-state index contributed by atoms with van der Waals surface area (Å²) in [7, 11) is 0. The Balaban J connectivity index is 0.936. The van der Waals surface area contributed by atoms with Gasteiger partial charge in [-0.2, -0.15) is 0 Å². The van der Waals surface area contributed by atoms with Gasteiger partial charge in [-0.3, -0.25) is 0 Å². The van der Waals surface area contributed by atoms with Gasteiger partial charge in [-0.15, -0.1) is 0 Å². The molecular formula is C56H36N2. The van der Waals surface area contributed by atoms with Crippen LogP contribution in [0.5, 0.6) is 0 Å². The molecule has 270 valence electrons. The molecule has 2 aliphatic heterocycles. The molecule has 10 aromatic carbocycles. The molecule has 12 rings (SSSR count). The molecule has 0 radical (unpaired) electrons. The van der Waals surface area contributed by atoms with E-state index in [1.54, 1.807) is 0 Å². The molecule has 0 aromatic heterocycles. The molecule has 0 atom stereocenters. The van der Waals surface area contributed by atoms with E-state index in [1.165, 1.54) is 99.9 Å². The van der Waals surface area contributed by atoms with Gasteiger partial charge in [0.15, 0.2) is 0 Å². The van der Waals surface area contributed by atoms with Crippen molar-refractivity contribution in [3.8, 4) is 55.6 Å². The van der Waals surface area contributed by atoms with Gasteiger partial charge in [-0.1, -0.05) is 146 Å². The molecule has 0 aliphatic carbocycles. The van der Waals surface area contributed by atoms with Gasteiger partial charge in [0.2, 0.25) is 0 Å². The summed E-state index contributed by atoms with van der Waals surface area (Å²) < 4.78 is 0. The van der Waals surface area contributed by atoms with Crippen LogP contribution < -0.4 is 9.80 Å². The second-order valence-electron chi connectivity index (χ2n) is 15.3. The Labute approximate surface area is 338 Å². The predicted octanol–water partition coefficient (Wildman–Crippen LogP) is 15.9. The van der Waals surface area contributed by atoms with Gasteiger partial charge in [0, 0.05) is 33.6 Å². The van der Waals surface area contributed by atoms with Gasteiger partial charge >= 0.3 is 0 Å². The van der Waals surface area contributed by atoms with Crippen LogP contribution in [0.1, 0.15) is 0 Å². The number of hydrogen-bond acceptors (Lipinski definition) is 2. The summed E-state index contributed by atoms with van der Waals surface area (Å²) >= 11 is 0. The Bertz CT molecular complexity index is 2840. The maximum atomic E-state index is 2.43. The molecule has 58 heavy (non-hydrogen) atoms. The number of benzene rings is 10. The minimum Gasteiger partial charge on any atom is -0.309 e. The van der Waals surface area contributed by atoms with E-state index in [0.717, 1.165) is 11.4 Å². The summed E-state index contributed by atoms with van der Waals surface area (Å²) in [4.78, 5) is 4.86. The first-order valence-electron chi connectivity index (χ1n) is 20.0. The Hall–Kier alpha value is -7.68. The second-order valence-corrected chi connectivity index (χ2v) is 15.3. The minimum atomic E-state index is 1.13. The fourth-order valence-electron chi connectivity index (χ4n) is 9.38. The summed E-state index contributed by atoms with van der Waals surface area (Å²) in [5.41, 5.74) is 19.3. The molecule has 0 saturated heterocycles. The van der Waals surface area contributed by atoms with E-state index in [2.05, 4.69) is 228 Å². The van der Waals surface area contributed by atoms with Crippen LogP contribution in [-0.2, 0) is 0 Å². The third-order valence-corrected chi connectivity index (χ3v) is 12.1. The van der Waals surface area contributed by atoms with Crippen LogP contribution in [0.15, 0.2) is 218 Å². The zero-order valence-electron chi connectivity index (χ0n) is 31.7. The maximum Gasteiger partial charge on any atom is 0.0540 e. The van der Waals surface area contributed by atoms with Crippen molar-refractivity contribution in [2.75, 3.05) is 9.80 Å². The fourth-order valence-corrected chi connectivity index (χ4v) is 9.38. The highest BCUT2D eigenvalue weighted by atomic mass is 15.2. The Morgan fingerprint density at radius 3 is 0.724 bits per heavy atom. The van der Waals surface area contributed by atoms with Crippen LogP contribution in [-0.4, -0.2) is 0 Å². The standard InChI is InChI=1S/C56H36N2/c1-2-14-40-34-50-46-18-6-10-22-54(46)57(53-21-9-5-17-45(53)49(50)33-39(40)13-1)43-29-25-37(26-30-43)38-27-31-44(32-28-38)58-55-23-11-7-19-47(55)51-35-41-15-3-4-16-42(41)36-52(51)48-20-8-12-24-56(48)58/h1-36H. The van der Waals surface area contributed by atoms with E-state index in [9.17, 15) is 0 Å². The Morgan fingerprint density at radius 2 is 0.448 bits per heavy atom.